The summed E-state index contributed by atoms with van der Waals surface area (Å²) in [7, 11) is 0. The maximum absolute atomic E-state index is 13.1. The number of halogens is 1. The summed E-state index contributed by atoms with van der Waals surface area (Å²) in [5.41, 5.74) is 1.73. The monoisotopic (exact) mass is 310 g/mol. The van der Waals surface area contributed by atoms with Crippen LogP contribution >= 0.6 is 11.3 Å². The molecule has 22 heavy (non-hydrogen) atoms. The normalized spacial score (nSPS) is 11.4. The van der Waals surface area contributed by atoms with Crippen LogP contribution in [0.1, 0.15) is 4.88 Å². The highest BCUT2D eigenvalue weighted by molar-refractivity contribution is 7.18. The Morgan fingerprint density at radius 1 is 1.09 bits per heavy atom. The number of benzene rings is 2. The molecule has 2 aromatic carbocycles. The topological polar surface area (TPSA) is 34.9 Å². The molecule has 0 unspecified atom stereocenters. The molecule has 0 radical (unpaired) electrons. The molecule has 2 aromatic rings. The Morgan fingerprint density at radius 3 is 2.59 bits per heavy atom. The van der Waals surface area contributed by atoms with Crippen molar-refractivity contribution in [1.29, 1.82) is 0 Å². The van der Waals surface area contributed by atoms with Crippen LogP contribution in [0.5, 0.6) is 0 Å². The van der Waals surface area contributed by atoms with Crippen molar-refractivity contribution in [2.75, 3.05) is 0 Å². The van der Waals surface area contributed by atoms with E-state index in [1.807, 2.05) is 31.2 Å². The number of fused-ring (bicyclic) bond motifs is 3. The largest absolute Gasteiger partial charge is 0.282 e. The maximum Gasteiger partial charge on any atom is 0.282 e. The van der Waals surface area contributed by atoms with Crippen LogP contribution in [-0.2, 0) is 0 Å². The van der Waals surface area contributed by atoms with E-state index in [-0.39, 0.29) is 11.4 Å². The van der Waals surface area contributed by atoms with Gasteiger partial charge in [0.2, 0.25) is 0 Å². The van der Waals surface area contributed by atoms with Crippen molar-refractivity contribution >= 4 is 21.4 Å². The summed E-state index contributed by atoms with van der Waals surface area (Å²) in [6.07, 6.45) is 0. The Balaban J connectivity index is 2.10. The second kappa shape index (κ2) is 4.74. The fourth-order valence-electron chi connectivity index (χ4n) is 2.63. The van der Waals surface area contributed by atoms with E-state index in [0.717, 1.165) is 15.0 Å². The first-order chi connectivity index (χ1) is 10.6. The van der Waals surface area contributed by atoms with Gasteiger partial charge in [0, 0.05) is 15.0 Å². The molecular formula is C17H11FN2OS. The van der Waals surface area contributed by atoms with Crippen molar-refractivity contribution in [1.82, 2.24) is 9.78 Å². The van der Waals surface area contributed by atoms with Crippen LogP contribution in [0, 0.1) is 12.7 Å². The molecule has 0 saturated heterocycles. The third-order valence-corrected chi connectivity index (χ3v) is 4.76. The highest BCUT2D eigenvalue weighted by Crippen LogP contribution is 2.34. The zero-order chi connectivity index (χ0) is 15.3. The molecule has 0 N–H and O–H groups in total. The first-order valence-corrected chi connectivity index (χ1v) is 7.64. The van der Waals surface area contributed by atoms with E-state index in [9.17, 15) is 9.18 Å². The van der Waals surface area contributed by atoms with Gasteiger partial charge in [0.25, 0.3) is 5.56 Å². The number of hydrogen-bond donors (Lipinski definition) is 0. The molecule has 0 saturated carbocycles. The fourth-order valence-corrected chi connectivity index (χ4v) is 3.67. The van der Waals surface area contributed by atoms with E-state index in [4.69, 9.17) is 0 Å². The lowest BCUT2D eigenvalue weighted by molar-refractivity contribution is 0.627. The number of hydrogen-bond acceptors (Lipinski definition) is 3. The first kappa shape index (κ1) is 13.2. The molecule has 0 aromatic heterocycles. The van der Waals surface area contributed by atoms with E-state index < -0.39 is 0 Å². The van der Waals surface area contributed by atoms with Crippen LogP contribution in [0.15, 0.2) is 53.3 Å². The predicted molar refractivity (Wildman–Crippen MR) is 86.5 cm³/mol. The lowest BCUT2D eigenvalue weighted by Crippen LogP contribution is -2.14. The fraction of sp³-hybridized carbons (Fsp3) is 0.0588. The quantitative estimate of drug-likeness (QED) is 0.532. The van der Waals surface area contributed by atoms with E-state index in [2.05, 4.69) is 5.10 Å². The molecule has 5 heteroatoms. The molecule has 0 spiro atoms. The van der Waals surface area contributed by atoms with Gasteiger partial charge < -0.3 is 0 Å². The second-order valence-corrected chi connectivity index (χ2v) is 6.33. The summed E-state index contributed by atoms with van der Waals surface area (Å²) in [4.78, 5) is 13.6. The predicted octanol–water partition coefficient (Wildman–Crippen LogP) is 4.00. The van der Waals surface area contributed by atoms with Gasteiger partial charge in [0.05, 0.1) is 11.3 Å². The SMILES string of the molecule is Cc1sc2ccccc2c2nn(-c3ccc(F)cc3)c(=O)c1-2. The lowest BCUT2D eigenvalue weighted by atomic mass is 10.1. The van der Waals surface area contributed by atoms with Crippen LogP contribution in [0.3, 0.4) is 0 Å². The standard InChI is InChI=1S/C17H11FN2OS/c1-10-15-16(13-4-2-3-5-14(13)22-10)19-20(17(15)21)12-8-6-11(18)7-9-12/h2-9H,1H3. The Morgan fingerprint density at radius 2 is 1.82 bits per heavy atom. The van der Waals surface area contributed by atoms with E-state index in [0.29, 0.717) is 16.9 Å². The Kier molecular flexibility index (Phi) is 2.84. The van der Waals surface area contributed by atoms with Gasteiger partial charge >= 0.3 is 0 Å². The summed E-state index contributed by atoms with van der Waals surface area (Å²) >= 11 is 1.58. The summed E-state index contributed by atoms with van der Waals surface area (Å²) in [6, 6.07) is 13.7. The van der Waals surface area contributed by atoms with Crippen molar-refractivity contribution in [2.24, 2.45) is 0 Å². The minimum atomic E-state index is -0.336. The zero-order valence-corrected chi connectivity index (χ0v) is 12.5. The van der Waals surface area contributed by atoms with Crippen LogP contribution in [0.25, 0.3) is 27.0 Å². The van der Waals surface area contributed by atoms with E-state index >= 15 is 0 Å². The number of rotatable bonds is 1. The molecule has 0 aliphatic carbocycles. The van der Waals surface area contributed by atoms with Crippen LogP contribution in [0.2, 0.25) is 0 Å². The number of aromatic nitrogens is 2. The molecule has 2 aliphatic rings. The van der Waals surface area contributed by atoms with Gasteiger partial charge in [-0.2, -0.15) is 9.78 Å². The molecule has 3 nitrogen and oxygen atoms in total. The Hall–Kier alpha value is -2.53. The molecule has 2 heterocycles. The first-order valence-electron chi connectivity index (χ1n) is 6.82. The molecule has 108 valence electrons. The molecule has 4 rings (SSSR count). The molecular weight excluding hydrogens is 299 g/mol. The van der Waals surface area contributed by atoms with Gasteiger partial charge in [-0.25, -0.2) is 4.39 Å². The van der Waals surface area contributed by atoms with Crippen LogP contribution in [-0.4, -0.2) is 9.78 Å². The third-order valence-electron chi connectivity index (χ3n) is 3.67. The van der Waals surface area contributed by atoms with Gasteiger partial charge in [-0.3, -0.25) is 4.79 Å². The van der Waals surface area contributed by atoms with Crippen LogP contribution < -0.4 is 5.56 Å². The average molecular weight is 310 g/mol. The van der Waals surface area contributed by atoms with Crippen LogP contribution in [0.4, 0.5) is 4.39 Å². The summed E-state index contributed by atoms with van der Waals surface area (Å²) in [5.74, 6) is -0.336. The summed E-state index contributed by atoms with van der Waals surface area (Å²) in [6.45, 7) is 1.93. The van der Waals surface area contributed by atoms with Crippen molar-refractivity contribution in [3.8, 4) is 16.9 Å². The van der Waals surface area contributed by atoms with Crippen molar-refractivity contribution in [3.63, 3.8) is 0 Å². The minimum Gasteiger partial charge on any atom is -0.267 e. The molecule has 0 amide bonds. The van der Waals surface area contributed by atoms with E-state index in [1.54, 1.807) is 23.5 Å². The summed E-state index contributed by atoms with van der Waals surface area (Å²) in [5, 5.41) is 5.45. The minimum absolute atomic E-state index is 0.166. The lowest BCUT2D eigenvalue weighted by Gasteiger charge is -2.03. The maximum atomic E-state index is 13.1. The van der Waals surface area contributed by atoms with Gasteiger partial charge in [-0.1, -0.05) is 18.2 Å². The zero-order valence-electron chi connectivity index (χ0n) is 11.7. The Labute approximate surface area is 129 Å². The molecule has 2 aliphatic heterocycles. The highest BCUT2D eigenvalue weighted by atomic mass is 32.1. The average Bonchev–Trinajstić information content (AvgIpc) is 2.87. The molecule has 0 fully saturated rings. The van der Waals surface area contributed by atoms with Gasteiger partial charge in [-0.15, -0.1) is 11.3 Å². The smallest absolute Gasteiger partial charge is 0.267 e. The molecule has 0 atom stereocenters. The number of nitrogens with zero attached hydrogens (tertiary/aromatic N) is 2. The summed E-state index contributed by atoms with van der Waals surface area (Å²) < 4.78 is 15.5. The van der Waals surface area contributed by atoms with Crippen molar-refractivity contribution in [2.45, 2.75) is 6.92 Å². The third kappa shape index (κ3) is 1.86. The molecule has 0 bridgehead atoms. The van der Waals surface area contributed by atoms with Gasteiger partial charge in [0.1, 0.15) is 11.5 Å². The highest BCUT2D eigenvalue weighted by Gasteiger charge is 2.21. The second-order valence-electron chi connectivity index (χ2n) is 5.07. The van der Waals surface area contributed by atoms with Gasteiger partial charge in [-0.05, 0) is 37.3 Å². The van der Waals surface area contributed by atoms with Crippen molar-refractivity contribution < 1.29 is 4.39 Å². The van der Waals surface area contributed by atoms with E-state index in [1.165, 1.54) is 16.8 Å². The number of aryl methyl sites for hydroxylation is 1. The van der Waals surface area contributed by atoms with Gasteiger partial charge in [0.15, 0.2) is 0 Å². The van der Waals surface area contributed by atoms with Crippen molar-refractivity contribution in [3.05, 3.63) is 69.6 Å². The Bertz CT molecular complexity index is 1020.